The average molecular weight is 402 g/mol. The number of hydrogen-bond donors (Lipinski definition) is 2. The van der Waals surface area contributed by atoms with Crippen LogP contribution in [0.1, 0.15) is 35.6 Å². The summed E-state index contributed by atoms with van der Waals surface area (Å²) in [7, 11) is 0. The van der Waals surface area contributed by atoms with E-state index in [1.165, 1.54) is 4.68 Å². The Labute approximate surface area is 154 Å². The minimum absolute atomic E-state index is 0.0795. The molecule has 2 N–H and O–H groups in total. The molecule has 0 aliphatic carbocycles. The molecule has 1 aromatic carbocycles. The van der Waals surface area contributed by atoms with Gasteiger partial charge in [0.25, 0.3) is 5.56 Å². The second-order valence-corrected chi connectivity index (χ2v) is 6.27. The largest absolute Gasteiger partial charge is 0.458 e. The number of aromatic amines is 1. The number of nitrogens with zero attached hydrogens (tertiary/aromatic N) is 3. The van der Waals surface area contributed by atoms with Gasteiger partial charge in [-0.15, -0.1) is 0 Å². The summed E-state index contributed by atoms with van der Waals surface area (Å²) >= 11 is 0. The summed E-state index contributed by atoms with van der Waals surface area (Å²) in [5, 5.41) is 13.7. The summed E-state index contributed by atoms with van der Waals surface area (Å²) < 4.78 is 65.7. The zero-order valence-corrected chi connectivity index (χ0v) is 14.7. The summed E-state index contributed by atoms with van der Waals surface area (Å²) in [5.74, 6) is -4.67. The molecule has 1 atom stereocenters. The van der Waals surface area contributed by atoms with Gasteiger partial charge in [-0.1, -0.05) is 24.3 Å². The van der Waals surface area contributed by atoms with E-state index in [2.05, 4.69) is 15.1 Å². The molecule has 0 fully saturated rings. The molecule has 2 aromatic heterocycles. The fourth-order valence-electron chi connectivity index (χ4n) is 2.88. The Bertz CT molecular complexity index is 1070. The maximum Gasteiger partial charge on any atom is 0.458 e. The van der Waals surface area contributed by atoms with Gasteiger partial charge >= 0.3 is 12.1 Å². The van der Waals surface area contributed by atoms with E-state index in [0.29, 0.717) is 23.5 Å². The monoisotopic (exact) mass is 402 g/mol. The predicted molar refractivity (Wildman–Crippen MR) is 89.0 cm³/mol. The molecule has 150 valence electrons. The van der Waals surface area contributed by atoms with Crippen LogP contribution in [0.3, 0.4) is 0 Å². The average Bonchev–Trinajstić information content (AvgIpc) is 2.99. The van der Waals surface area contributed by atoms with Crippen molar-refractivity contribution < 1.29 is 27.1 Å². The highest BCUT2D eigenvalue weighted by Gasteiger charge is 2.58. The van der Waals surface area contributed by atoms with Gasteiger partial charge in [-0.2, -0.15) is 27.1 Å². The number of alkyl halides is 5. The smallest absolute Gasteiger partial charge is 0.390 e. The molecular weight excluding hydrogens is 387 g/mol. The molecule has 11 heteroatoms. The van der Waals surface area contributed by atoms with E-state index >= 15 is 0 Å². The third-order valence-electron chi connectivity index (χ3n) is 4.38. The highest BCUT2D eigenvalue weighted by atomic mass is 19.4. The number of benzene rings is 1. The van der Waals surface area contributed by atoms with E-state index in [0.717, 1.165) is 12.1 Å². The molecule has 0 amide bonds. The van der Waals surface area contributed by atoms with Crippen LogP contribution in [0.15, 0.2) is 29.1 Å². The number of hydrogen-bond acceptors (Lipinski definition) is 4. The van der Waals surface area contributed by atoms with Crippen molar-refractivity contribution in [2.45, 2.75) is 38.6 Å². The minimum Gasteiger partial charge on any atom is -0.390 e. The van der Waals surface area contributed by atoms with Crippen molar-refractivity contribution >= 4 is 11.0 Å². The fraction of sp³-hybridized carbons (Fsp3) is 0.353. The quantitative estimate of drug-likeness (QED) is 0.657. The van der Waals surface area contributed by atoms with Crippen molar-refractivity contribution in [3.8, 4) is 0 Å². The lowest BCUT2D eigenvalue weighted by Crippen LogP contribution is -2.33. The van der Waals surface area contributed by atoms with Crippen LogP contribution in [0.4, 0.5) is 22.0 Å². The van der Waals surface area contributed by atoms with Gasteiger partial charge in [0, 0.05) is 5.56 Å². The first-order chi connectivity index (χ1) is 13.0. The lowest BCUT2D eigenvalue weighted by atomic mass is 10.0. The number of rotatable bonds is 4. The van der Waals surface area contributed by atoms with E-state index in [1.807, 2.05) is 0 Å². The van der Waals surface area contributed by atoms with Crippen LogP contribution in [-0.4, -0.2) is 31.0 Å². The normalized spacial score (nSPS) is 13.9. The molecule has 0 saturated heterocycles. The topological polar surface area (TPSA) is 83.8 Å². The zero-order valence-electron chi connectivity index (χ0n) is 14.7. The van der Waals surface area contributed by atoms with Gasteiger partial charge < -0.3 is 10.1 Å². The number of halogens is 5. The first-order valence-corrected chi connectivity index (χ1v) is 8.11. The van der Waals surface area contributed by atoms with Crippen molar-refractivity contribution in [3.63, 3.8) is 0 Å². The molecule has 0 aliphatic heterocycles. The molecule has 28 heavy (non-hydrogen) atoms. The molecule has 0 saturated carbocycles. The number of aliphatic hydroxyl groups is 1. The molecule has 3 rings (SSSR count). The highest BCUT2D eigenvalue weighted by Crippen LogP contribution is 2.44. The highest BCUT2D eigenvalue weighted by molar-refractivity contribution is 5.77. The summed E-state index contributed by atoms with van der Waals surface area (Å²) in [6, 6.07) is 3.01. The number of fused-ring (bicyclic) bond motifs is 1. The Morgan fingerprint density at radius 1 is 1.18 bits per heavy atom. The van der Waals surface area contributed by atoms with Crippen molar-refractivity contribution in [2.24, 2.45) is 0 Å². The van der Waals surface area contributed by atoms with Crippen LogP contribution in [-0.2, 0) is 12.5 Å². The lowest BCUT2D eigenvalue weighted by molar-refractivity contribution is -0.289. The number of nitrogens with one attached hydrogen (secondary N) is 1. The predicted octanol–water partition coefficient (Wildman–Crippen LogP) is 3.18. The van der Waals surface area contributed by atoms with Crippen molar-refractivity contribution in [3.05, 3.63) is 57.3 Å². The van der Waals surface area contributed by atoms with Crippen LogP contribution < -0.4 is 5.56 Å². The summed E-state index contributed by atoms with van der Waals surface area (Å²) in [6.45, 7) is 2.64. The van der Waals surface area contributed by atoms with Gasteiger partial charge in [0.05, 0.1) is 12.6 Å². The van der Waals surface area contributed by atoms with Crippen LogP contribution in [0, 0.1) is 6.92 Å². The fourth-order valence-corrected chi connectivity index (χ4v) is 2.88. The molecule has 0 aliphatic rings. The minimum atomic E-state index is -5.70. The molecule has 3 aromatic rings. The Morgan fingerprint density at radius 3 is 2.32 bits per heavy atom. The number of aliphatic hydroxyl groups excluding tert-OH is 1. The van der Waals surface area contributed by atoms with E-state index in [9.17, 15) is 31.9 Å². The van der Waals surface area contributed by atoms with Gasteiger partial charge in [0.2, 0.25) is 0 Å². The Morgan fingerprint density at radius 2 is 1.79 bits per heavy atom. The van der Waals surface area contributed by atoms with Gasteiger partial charge in [-0.05, 0) is 19.4 Å². The first-order valence-electron chi connectivity index (χ1n) is 8.11. The third-order valence-corrected chi connectivity index (χ3v) is 4.38. The van der Waals surface area contributed by atoms with Gasteiger partial charge in [-0.25, -0.2) is 9.67 Å². The molecule has 6 nitrogen and oxygen atoms in total. The third kappa shape index (κ3) is 3.15. The maximum atomic E-state index is 13.4. The van der Waals surface area contributed by atoms with Crippen LogP contribution in [0.2, 0.25) is 0 Å². The van der Waals surface area contributed by atoms with Gasteiger partial charge in [0.15, 0.2) is 5.65 Å². The molecule has 0 unspecified atom stereocenters. The lowest BCUT2D eigenvalue weighted by Gasteiger charge is -2.21. The standard InChI is InChI=1S/C17H15F5N4O2/c1-8(10-3-5-11(6-4-10)16(18,19)17(20,21)22)26-14-13(12(7-27)25-26)15(28)24-9(2)23-14/h3-6,8,27H,7H2,1-2H3,(H,23,24,28)/t8-/m0/s1. The molecular formula is C17H15F5N4O2. The second kappa shape index (κ2) is 6.66. The van der Waals surface area contributed by atoms with Crippen LogP contribution >= 0.6 is 0 Å². The molecule has 0 bridgehead atoms. The van der Waals surface area contributed by atoms with Gasteiger partial charge in [0.1, 0.15) is 16.9 Å². The number of aromatic nitrogens is 4. The zero-order chi connectivity index (χ0) is 20.9. The molecule has 0 radical (unpaired) electrons. The van der Waals surface area contributed by atoms with E-state index < -0.39 is 35.9 Å². The van der Waals surface area contributed by atoms with Gasteiger partial charge in [-0.3, -0.25) is 4.79 Å². The summed E-state index contributed by atoms with van der Waals surface area (Å²) in [4.78, 5) is 18.9. The molecule has 2 heterocycles. The summed E-state index contributed by atoms with van der Waals surface area (Å²) in [5.41, 5.74) is -1.05. The Kier molecular flexibility index (Phi) is 4.74. The van der Waals surface area contributed by atoms with Crippen LogP contribution in [0.25, 0.3) is 11.0 Å². The first kappa shape index (κ1) is 19.9. The van der Waals surface area contributed by atoms with E-state index in [4.69, 9.17) is 0 Å². The number of H-pyrrole nitrogens is 1. The van der Waals surface area contributed by atoms with Crippen LogP contribution in [0.5, 0.6) is 0 Å². The van der Waals surface area contributed by atoms with Crippen molar-refractivity contribution in [1.82, 2.24) is 19.7 Å². The van der Waals surface area contributed by atoms with Crippen molar-refractivity contribution in [1.29, 1.82) is 0 Å². The Balaban J connectivity index is 2.06. The van der Waals surface area contributed by atoms with E-state index in [-0.39, 0.29) is 16.7 Å². The number of aryl methyl sites for hydroxylation is 1. The molecule has 0 spiro atoms. The van der Waals surface area contributed by atoms with Crippen molar-refractivity contribution in [2.75, 3.05) is 0 Å². The second-order valence-electron chi connectivity index (χ2n) is 6.27. The SMILES string of the molecule is Cc1nc2c(c(CO)nn2[C@@H](C)c2ccc(C(F)(F)C(F)(F)F)cc2)c(=O)[nH]1. The summed E-state index contributed by atoms with van der Waals surface area (Å²) in [6.07, 6.45) is -5.70. The van der Waals surface area contributed by atoms with E-state index in [1.54, 1.807) is 13.8 Å². The Hall–Kier alpha value is -2.82. The maximum absolute atomic E-state index is 13.4.